The molecular formula is C18H23F2N3O2. The van der Waals surface area contributed by atoms with Crippen LogP contribution < -0.4 is 5.32 Å². The van der Waals surface area contributed by atoms with Crippen LogP contribution in [0.15, 0.2) is 30.3 Å². The number of nitrogens with one attached hydrogen (secondary N) is 1. The number of aromatic nitrogens is 2. The van der Waals surface area contributed by atoms with Gasteiger partial charge >= 0.3 is 6.55 Å². The van der Waals surface area contributed by atoms with Crippen molar-refractivity contribution in [2.24, 2.45) is 0 Å². The molecule has 1 aromatic heterocycles. The molecular weight excluding hydrogens is 328 g/mol. The second kappa shape index (κ2) is 8.20. The maximum atomic E-state index is 12.8. The van der Waals surface area contributed by atoms with E-state index in [4.69, 9.17) is 0 Å². The first-order valence-corrected chi connectivity index (χ1v) is 8.13. The minimum atomic E-state index is -2.73. The first-order valence-electron chi connectivity index (χ1n) is 8.13. The van der Waals surface area contributed by atoms with Crippen molar-refractivity contribution in [1.29, 1.82) is 0 Å². The Morgan fingerprint density at radius 3 is 2.48 bits per heavy atom. The molecule has 0 radical (unpaired) electrons. The number of aliphatic hydroxyl groups excluding tert-OH is 1. The fourth-order valence-corrected chi connectivity index (χ4v) is 2.74. The van der Waals surface area contributed by atoms with Gasteiger partial charge in [-0.2, -0.15) is 13.9 Å². The van der Waals surface area contributed by atoms with Crippen LogP contribution in [-0.2, 0) is 17.6 Å². The molecule has 0 bridgehead atoms. The standard InChI is InChI=1S/C18H23F2N3O2/c1-11-15(13(3)23(22-11)18(19)20)10-17(25)21-12(2)16(24)9-14-7-5-4-6-8-14/h4-8,12,16,18,24H,9-10H2,1-3H3,(H,21,25). The smallest absolute Gasteiger partial charge is 0.333 e. The number of rotatable bonds is 7. The molecule has 7 heteroatoms. The Hall–Kier alpha value is -2.28. The predicted molar refractivity (Wildman–Crippen MR) is 90.4 cm³/mol. The minimum absolute atomic E-state index is 0.0488. The van der Waals surface area contributed by atoms with Crippen molar-refractivity contribution in [2.45, 2.75) is 52.3 Å². The van der Waals surface area contributed by atoms with Gasteiger partial charge in [-0.1, -0.05) is 30.3 Å². The maximum absolute atomic E-state index is 12.8. The third-order valence-corrected chi connectivity index (χ3v) is 4.25. The zero-order valence-electron chi connectivity index (χ0n) is 14.5. The minimum Gasteiger partial charge on any atom is -0.391 e. The maximum Gasteiger partial charge on any atom is 0.333 e. The fourth-order valence-electron chi connectivity index (χ4n) is 2.74. The van der Waals surface area contributed by atoms with Gasteiger partial charge in [0.1, 0.15) is 0 Å². The molecule has 1 aromatic carbocycles. The SMILES string of the molecule is Cc1nn(C(F)F)c(C)c1CC(=O)NC(C)C(O)Cc1ccccc1. The van der Waals surface area contributed by atoms with E-state index in [-0.39, 0.29) is 18.0 Å². The zero-order valence-corrected chi connectivity index (χ0v) is 14.5. The number of aliphatic hydroxyl groups is 1. The van der Waals surface area contributed by atoms with Crippen LogP contribution in [-0.4, -0.2) is 32.9 Å². The molecule has 0 aliphatic rings. The van der Waals surface area contributed by atoms with Crippen molar-refractivity contribution in [1.82, 2.24) is 15.1 Å². The molecule has 0 aliphatic carbocycles. The second-order valence-corrected chi connectivity index (χ2v) is 6.16. The number of nitrogens with zero attached hydrogens (tertiary/aromatic N) is 2. The van der Waals surface area contributed by atoms with Gasteiger partial charge in [0.2, 0.25) is 5.91 Å². The molecule has 5 nitrogen and oxygen atoms in total. The Balaban J connectivity index is 1.95. The van der Waals surface area contributed by atoms with Crippen LogP contribution in [0.5, 0.6) is 0 Å². The third-order valence-electron chi connectivity index (χ3n) is 4.25. The topological polar surface area (TPSA) is 67.2 Å². The lowest BCUT2D eigenvalue weighted by Crippen LogP contribution is -2.42. The van der Waals surface area contributed by atoms with Crippen molar-refractivity contribution < 1.29 is 18.7 Å². The monoisotopic (exact) mass is 351 g/mol. The third kappa shape index (κ3) is 4.85. The van der Waals surface area contributed by atoms with Crippen LogP contribution in [0.2, 0.25) is 0 Å². The normalized spacial score (nSPS) is 13.7. The van der Waals surface area contributed by atoms with Gasteiger partial charge in [-0.3, -0.25) is 4.79 Å². The summed E-state index contributed by atoms with van der Waals surface area (Å²) < 4.78 is 26.3. The number of alkyl halides is 2. The number of carbonyl (C=O) groups excluding carboxylic acids is 1. The van der Waals surface area contributed by atoms with Crippen LogP contribution in [0.1, 0.15) is 36.0 Å². The summed E-state index contributed by atoms with van der Waals surface area (Å²) in [5.74, 6) is -0.334. The van der Waals surface area contributed by atoms with E-state index in [0.29, 0.717) is 22.4 Å². The van der Waals surface area contributed by atoms with Crippen molar-refractivity contribution in [3.63, 3.8) is 0 Å². The molecule has 136 valence electrons. The zero-order chi connectivity index (χ0) is 18.6. The van der Waals surface area contributed by atoms with Gasteiger partial charge < -0.3 is 10.4 Å². The molecule has 0 saturated heterocycles. The summed E-state index contributed by atoms with van der Waals surface area (Å²) >= 11 is 0. The summed E-state index contributed by atoms with van der Waals surface area (Å²) in [5.41, 5.74) is 2.15. The van der Waals surface area contributed by atoms with E-state index < -0.39 is 18.7 Å². The Morgan fingerprint density at radius 1 is 1.28 bits per heavy atom. The fraction of sp³-hybridized carbons (Fsp3) is 0.444. The number of hydrogen-bond acceptors (Lipinski definition) is 3. The van der Waals surface area contributed by atoms with Gasteiger partial charge in [0.25, 0.3) is 0 Å². The largest absolute Gasteiger partial charge is 0.391 e. The lowest BCUT2D eigenvalue weighted by atomic mass is 10.0. The molecule has 0 aliphatic heterocycles. The molecule has 1 heterocycles. The Labute approximate surface area is 145 Å². The Bertz CT molecular complexity index is 717. The van der Waals surface area contributed by atoms with Crippen molar-refractivity contribution in [2.75, 3.05) is 0 Å². The highest BCUT2D eigenvalue weighted by molar-refractivity contribution is 5.79. The molecule has 0 spiro atoms. The highest BCUT2D eigenvalue weighted by atomic mass is 19.3. The van der Waals surface area contributed by atoms with Crippen molar-refractivity contribution in [3.8, 4) is 0 Å². The van der Waals surface area contributed by atoms with Crippen LogP contribution in [0.25, 0.3) is 0 Å². The van der Waals surface area contributed by atoms with Gasteiger partial charge in [-0.05, 0) is 26.3 Å². The van der Waals surface area contributed by atoms with Gasteiger partial charge in [0.15, 0.2) is 0 Å². The summed E-state index contributed by atoms with van der Waals surface area (Å²) in [4.78, 5) is 12.2. The van der Waals surface area contributed by atoms with E-state index in [1.54, 1.807) is 13.8 Å². The molecule has 2 unspecified atom stereocenters. The summed E-state index contributed by atoms with van der Waals surface area (Å²) in [6.45, 7) is 2.10. The van der Waals surface area contributed by atoms with Gasteiger partial charge in [0.05, 0.1) is 24.3 Å². The van der Waals surface area contributed by atoms with E-state index >= 15 is 0 Å². The first kappa shape index (κ1) is 19.1. The lowest BCUT2D eigenvalue weighted by Gasteiger charge is -2.20. The van der Waals surface area contributed by atoms with Gasteiger partial charge in [0, 0.05) is 17.7 Å². The highest BCUT2D eigenvalue weighted by Crippen LogP contribution is 2.19. The number of benzene rings is 1. The Morgan fingerprint density at radius 2 is 1.92 bits per heavy atom. The number of halogens is 2. The second-order valence-electron chi connectivity index (χ2n) is 6.16. The molecule has 2 atom stereocenters. The molecule has 0 saturated carbocycles. The number of carbonyl (C=O) groups is 1. The quantitative estimate of drug-likeness (QED) is 0.806. The average molecular weight is 351 g/mol. The summed E-state index contributed by atoms with van der Waals surface area (Å²) in [5, 5.41) is 16.7. The molecule has 1 amide bonds. The number of aryl methyl sites for hydroxylation is 1. The van der Waals surface area contributed by atoms with Gasteiger partial charge in [-0.15, -0.1) is 0 Å². The Kier molecular flexibility index (Phi) is 6.25. The van der Waals surface area contributed by atoms with Crippen molar-refractivity contribution in [3.05, 3.63) is 52.8 Å². The molecule has 0 fully saturated rings. The highest BCUT2D eigenvalue weighted by Gasteiger charge is 2.21. The molecule has 2 aromatic rings. The van der Waals surface area contributed by atoms with E-state index in [0.717, 1.165) is 5.56 Å². The average Bonchev–Trinajstić information content (AvgIpc) is 2.84. The van der Waals surface area contributed by atoms with E-state index in [2.05, 4.69) is 10.4 Å². The van der Waals surface area contributed by atoms with Crippen LogP contribution in [0, 0.1) is 13.8 Å². The van der Waals surface area contributed by atoms with Crippen LogP contribution in [0.3, 0.4) is 0 Å². The van der Waals surface area contributed by atoms with Crippen molar-refractivity contribution >= 4 is 5.91 Å². The molecule has 2 N–H and O–H groups in total. The summed E-state index contributed by atoms with van der Waals surface area (Å²) in [6.07, 6.45) is -0.367. The van der Waals surface area contributed by atoms with E-state index in [1.165, 1.54) is 6.92 Å². The summed E-state index contributed by atoms with van der Waals surface area (Å²) in [7, 11) is 0. The molecule has 2 rings (SSSR count). The first-order chi connectivity index (χ1) is 11.8. The predicted octanol–water partition coefficient (Wildman–Crippen LogP) is 2.55. The number of hydrogen-bond donors (Lipinski definition) is 2. The lowest BCUT2D eigenvalue weighted by molar-refractivity contribution is -0.121. The van der Waals surface area contributed by atoms with E-state index in [9.17, 15) is 18.7 Å². The number of amides is 1. The van der Waals surface area contributed by atoms with Crippen LogP contribution in [0.4, 0.5) is 8.78 Å². The van der Waals surface area contributed by atoms with E-state index in [1.807, 2.05) is 30.3 Å². The van der Waals surface area contributed by atoms with Crippen LogP contribution >= 0.6 is 0 Å². The van der Waals surface area contributed by atoms with Gasteiger partial charge in [-0.25, -0.2) is 4.68 Å². The summed E-state index contributed by atoms with van der Waals surface area (Å²) in [6, 6.07) is 9.02. The molecule has 25 heavy (non-hydrogen) atoms.